The van der Waals surface area contributed by atoms with Gasteiger partial charge in [0.2, 0.25) is 0 Å². The lowest BCUT2D eigenvalue weighted by atomic mass is 10.1. The Kier molecular flexibility index (Phi) is 7.42. The molecule has 7 heteroatoms. The molecule has 28 heavy (non-hydrogen) atoms. The summed E-state index contributed by atoms with van der Waals surface area (Å²) < 4.78 is 0. The number of para-hydroxylation sites is 1. The number of hydrogen-bond acceptors (Lipinski definition) is 4. The quantitative estimate of drug-likeness (QED) is 0.509. The molecule has 0 atom stereocenters. The second-order valence-corrected chi connectivity index (χ2v) is 5.85. The summed E-state index contributed by atoms with van der Waals surface area (Å²) in [5.74, 6) is -0.732. The summed E-state index contributed by atoms with van der Waals surface area (Å²) in [6.45, 7) is 2.00. The SMILES string of the molecule is Cc1ccc(/C=N/NC(=O)c2ccccc2NC(=O)c2ccncc2)cc1.Cl. The van der Waals surface area contributed by atoms with E-state index < -0.39 is 5.91 Å². The maximum Gasteiger partial charge on any atom is 0.273 e. The Balaban J connectivity index is 0.00000280. The molecule has 0 fully saturated rings. The number of rotatable bonds is 5. The number of hydrogen-bond donors (Lipinski definition) is 2. The van der Waals surface area contributed by atoms with Gasteiger partial charge in [-0.15, -0.1) is 12.4 Å². The topological polar surface area (TPSA) is 83.5 Å². The number of aromatic nitrogens is 1. The van der Waals surface area contributed by atoms with Gasteiger partial charge in [-0.2, -0.15) is 5.10 Å². The minimum Gasteiger partial charge on any atom is -0.321 e. The average molecular weight is 395 g/mol. The molecule has 0 aliphatic carbocycles. The molecule has 1 aromatic heterocycles. The first-order valence-electron chi connectivity index (χ1n) is 8.34. The van der Waals surface area contributed by atoms with Crippen molar-refractivity contribution in [3.05, 3.63) is 95.3 Å². The third-order valence-electron chi connectivity index (χ3n) is 3.82. The second-order valence-electron chi connectivity index (χ2n) is 5.85. The lowest BCUT2D eigenvalue weighted by molar-refractivity contribution is 0.0956. The van der Waals surface area contributed by atoms with Gasteiger partial charge in [0.25, 0.3) is 11.8 Å². The minimum atomic E-state index is -0.413. The first-order chi connectivity index (χ1) is 13.1. The number of carbonyl (C=O) groups excluding carboxylic acids is 2. The van der Waals surface area contributed by atoms with Crippen LogP contribution >= 0.6 is 12.4 Å². The van der Waals surface area contributed by atoms with E-state index in [0.717, 1.165) is 11.1 Å². The summed E-state index contributed by atoms with van der Waals surface area (Å²) >= 11 is 0. The zero-order valence-corrected chi connectivity index (χ0v) is 15.9. The molecule has 142 valence electrons. The molecule has 0 aliphatic heterocycles. The molecule has 3 rings (SSSR count). The van der Waals surface area contributed by atoms with Crippen LogP contribution in [0, 0.1) is 6.92 Å². The number of carbonyl (C=O) groups is 2. The number of nitrogens with zero attached hydrogens (tertiary/aromatic N) is 2. The molecule has 3 aromatic rings. The number of aryl methyl sites for hydroxylation is 1. The van der Waals surface area contributed by atoms with E-state index in [0.29, 0.717) is 16.8 Å². The van der Waals surface area contributed by atoms with Crippen LogP contribution in [0.4, 0.5) is 5.69 Å². The van der Waals surface area contributed by atoms with Gasteiger partial charge in [0.15, 0.2) is 0 Å². The highest BCUT2D eigenvalue weighted by molar-refractivity contribution is 6.09. The van der Waals surface area contributed by atoms with Gasteiger partial charge in [0, 0.05) is 18.0 Å². The largest absolute Gasteiger partial charge is 0.321 e. The Morgan fingerprint density at radius 1 is 0.929 bits per heavy atom. The Morgan fingerprint density at radius 3 is 2.32 bits per heavy atom. The molecule has 0 bridgehead atoms. The Morgan fingerprint density at radius 2 is 1.61 bits per heavy atom. The third-order valence-corrected chi connectivity index (χ3v) is 3.82. The lowest BCUT2D eigenvalue weighted by Gasteiger charge is -2.09. The van der Waals surface area contributed by atoms with Gasteiger partial charge in [0.1, 0.15) is 0 Å². The van der Waals surface area contributed by atoms with Gasteiger partial charge in [0.05, 0.1) is 17.5 Å². The molecule has 0 unspecified atom stereocenters. The van der Waals surface area contributed by atoms with Crippen molar-refractivity contribution in [2.75, 3.05) is 5.32 Å². The number of amides is 2. The van der Waals surface area contributed by atoms with Gasteiger partial charge < -0.3 is 5.32 Å². The zero-order valence-electron chi connectivity index (χ0n) is 15.1. The first kappa shape index (κ1) is 20.8. The zero-order chi connectivity index (χ0) is 19.1. The molecule has 2 amide bonds. The number of benzene rings is 2. The second kappa shape index (κ2) is 9.99. The maximum atomic E-state index is 12.4. The fourth-order valence-electron chi connectivity index (χ4n) is 2.37. The summed E-state index contributed by atoms with van der Waals surface area (Å²) in [7, 11) is 0. The van der Waals surface area contributed by atoms with E-state index in [1.807, 2.05) is 31.2 Å². The third kappa shape index (κ3) is 5.49. The summed E-state index contributed by atoms with van der Waals surface area (Å²) in [5.41, 5.74) is 5.69. The van der Waals surface area contributed by atoms with E-state index in [-0.39, 0.29) is 18.3 Å². The predicted octanol–water partition coefficient (Wildman–Crippen LogP) is 3.83. The molecule has 0 saturated heterocycles. The van der Waals surface area contributed by atoms with Gasteiger partial charge >= 0.3 is 0 Å². The summed E-state index contributed by atoms with van der Waals surface area (Å²) in [4.78, 5) is 28.6. The van der Waals surface area contributed by atoms with Crippen molar-refractivity contribution in [2.45, 2.75) is 6.92 Å². The average Bonchev–Trinajstić information content (AvgIpc) is 2.70. The van der Waals surface area contributed by atoms with Crippen LogP contribution in [0.15, 0.2) is 78.2 Å². The van der Waals surface area contributed by atoms with Crippen LogP contribution in [0.2, 0.25) is 0 Å². The van der Waals surface area contributed by atoms with Crippen molar-refractivity contribution >= 4 is 36.1 Å². The van der Waals surface area contributed by atoms with Crippen molar-refractivity contribution in [3.63, 3.8) is 0 Å². The molecule has 0 saturated carbocycles. The molecular weight excluding hydrogens is 376 g/mol. The number of nitrogens with one attached hydrogen (secondary N) is 2. The van der Waals surface area contributed by atoms with Gasteiger partial charge in [-0.1, -0.05) is 42.0 Å². The lowest BCUT2D eigenvalue weighted by Crippen LogP contribution is -2.21. The van der Waals surface area contributed by atoms with Gasteiger partial charge in [-0.25, -0.2) is 5.43 Å². The number of hydrazone groups is 1. The highest BCUT2D eigenvalue weighted by atomic mass is 35.5. The molecule has 0 aliphatic rings. The summed E-state index contributed by atoms with van der Waals surface area (Å²) in [5, 5.41) is 6.72. The van der Waals surface area contributed by atoms with E-state index in [2.05, 4.69) is 20.8 Å². The molecule has 2 N–H and O–H groups in total. The summed E-state index contributed by atoms with van der Waals surface area (Å²) in [6, 6.07) is 17.7. The van der Waals surface area contributed by atoms with Crippen molar-refractivity contribution < 1.29 is 9.59 Å². The predicted molar refractivity (Wildman–Crippen MR) is 112 cm³/mol. The maximum absolute atomic E-state index is 12.4. The Labute approximate surface area is 169 Å². The first-order valence-corrected chi connectivity index (χ1v) is 8.34. The Bertz CT molecular complexity index is 973. The van der Waals surface area contributed by atoms with E-state index in [4.69, 9.17) is 0 Å². The van der Waals surface area contributed by atoms with Crippen molar-refractivity contribution in [1.29, 1.82) is 0 Å². The fraction of sp³-hybridized carbons (Fsp3) is 0.0476. The molecule has 2 aromatic carbocycles. The normalized spacial score (nSPS) is 10.2. The van der Waals surface area contributed by atoms with Crippen LogP contribution in [-0.4, -0.2) is 23.0 Å². The molecule has 0 spiro atoms. The van der Waals surface area contributed by atoms with Crippen molar-refractivity contribution in [1.82, 2.24) is 10.4 Å². The van der Waals surface area contributed by atoms with Gasteiger partial charge in [-0.3, -0.25) is 14.6 Å². The minimum absolute atomic E-state index is 0. The number of pyridine rings is 1. The smallest absolute Gasteiger partial charge is 0.273 e. The van der Waals surface area contributed by atoms with E-state index in [1.165, 1.54) is 12.4 Å². The van der Waals surface area contributed by atoms with E-state index in [9.17, 15) is 9.59 Å². The highest BCUT2D eigenvalue weighted by Gasteiger charge is 2.13. The molecule has 1 heterocycles. The van der Waals surface area contributed by atoms with Crippen molar-refractivity contribution in [3.8, 4) is 0 Å². The van der Waals surface area contributed by atoms with Gasteiger partial charge in [-0.05, 0) is 36.8 Å². The van der Waals surface area contributed by atoms with Crippen LogP contribution in [0.5, 0.6) is 0 Å². The number of halogens is 1. The van der Waals surface area contributed by atoms with Crippen molar-refractivity contribution in [2.24, 2.45) is 5.10 Å². The highest BCUT2D eigenvalue weighted by Crippen LogP contribution is 2.16. The van der Waals surface area contributed by atoms with Crippen LogP contribution < -0.4 is 10.7 Å². The van der Waals surface area contributed by atoms with Crippen LogP contribution in [0.3, 0.4) is 0 Å². The fourth-order valence-corrected chi connectivity index (χ4v) is 2.37. The summed E-state index contributed by atoms with van der Waals surface area (Å²) in [6.07, 6.45) is 4.64. The van der Waals surface area contributed by atoms with E-state index in [1.54, 1.807) is 42.6 Å². The molecule has 6 nitrogen and oxygen atoms in total. The Hall–Kier alpha value is -3.51. The van der Waals surface area contributed by atoms with Crippen LogP contribution in [0.25, 0.3) is 0 Å². The van der Waals surface area contributed by atoms with E-state index >= 15 is 0 Å². The standard InChI is InChI=1S/C21H18N4O2.ClH/c1-15-6-8-16(9-7-15)14-23-25-21(27)18-4-2-3-5-19(18)24-20(26)17-10-12-22-13-11-17;/h2-14H,1H3,(H,24,26)(H,25,27);1H/b23-14+;. The molecular formula is C21H19ClN4O2. The molecule has 0 radical (unpaired) electrons. The van der Waals surface area contributed by atoms with Crippen LogP contribution in [0.1, 0.15) is 31.8 Å². The number of anilines is 1. The van der Waals surface area contributed by atoms with Crippen LogP contribution in [-0.2, 0) is 0 Å². The monoisotopic (exact) mass is 394 g/mol.